The molecule has 1 fully saturated rings. The molecule has 1 unspecified atom stereocenters. The van der Waals surface area contributed by atoms with Gasteiger partial charge < -0.3 is 4.74 Å². The fraction of sp³-hybridized carbons (Fsp3) is 0.500. The van der Waals surface area contributed by atoms with Gasteiger partial charge in [0.05, 0.1) is 11.6 Å². The van der Waals surface area contributed by atoms with E-state index in [0.29, 0.717) is 16.0 Å². The number of ether oxygens (including phenoxy) is 1. The Bertz CT molecular complexity index is 490. The Hall–Kier alpha value is -0.940. The SMILES string of the molecule is COC(=O)C(C)(NCC1CC1)c1ccc(F)c(Br)c1. The third-order valence-corrected chi connectivity index (χ3v) is 4.14. The molecule has 1 aromatic rings. The molecule has 0 heterocycles. The zero-order chi connectivity index (χ0) is 14.0. The number of methoxy groups -OCH3 is 1. The number of rotatable bonds is 5. The Balaban J connectivity index is 2.28. The zero-order valence-corrected chi connectivity index (χ0v) is 12.6. The van der Waals surface area contributed by atoms with E-state index in [4.69, 9.17) is 4.74 Å². The molecule has 0 radical (unpaired) electrons. The maximum atomic E-state index is 13.3. The van der Waals surface area contributed by atoms with Crippen molar-refractivity contribution in [2.24, 2.45) is 5.92 Å². The van der Waals surface area contributed by atoms with E-state index in [1.54, 1.807) is 19.1 Å². The molecule has 0 aliphatic heterocycles. The minimum atomic E-state index is -0.951. The van der Waals surface area contributed by atoms with E-state index < -0.39 is 5.54 Å². The minimum Gasteiger partial charge on any atom is -0.467 e. The summed E-state index contributed by atoms with van der Waals surface area (Å²) in [7, 11) is 1.36. The Kier molecular flexibility index (Phi) is 4.26. The molecule has 19 heavy (non-hydrogen) atoms. The van der Waals surface area contributed by atoms with Gasteiger partial charge in [0.25, 0.3) is 0 Å². The number of nitrogens with one attached hydrogen (secondary N) is 1. The Labute approximate surface area is 120 Å². The summed E-state index contributed by atoms with van der Waals surface area (Å²) >= 11 is 3.15. The highest BCUT2D eigenvalue weighted by atomic mass is 79.9. The molecule has 1 N–H and O–H groups in total. The fourth-order valence-corrected chi connectivity index (χ4v) is 2.35. The molecule has 0 spiro atoms. The van der Waals surface area contributed by atoms with Crippen LogP contribution >= 0.6 is 15.9 Å². The van der Waals surface area contributed by atoms with Crippen molar-refractivity contribution in [1.29, 1.82) is 0 Å². The summed E-state index contributed by atoms with van der Waals surface area (Å²) in [6, 6.07) is 4.57. The summed E-state index contributed by atoms with van der Waals surface area (Å²) < 4.78 is 18.5. The lowest BCUT2D eigenvalue weighted by molar-refractivity contribution is -0.148. The van der Waals surface area contributed by atoms with Crippen molar-refractivity contribution in [2.45, 2.75) is 25.3 Å². The summed E-state index contributed by atoms with van der Waals surface area (Å²) in [6.45, 7) is 2.53. The average Bonchev–Trinajstić information content (AvgIpc) is 3.22. The number of halogens is 2. The topological polar surface area (TPSA) is 38.3 Å². The van der Waals surface area contributed by atoms with Gasteiger partial charge >= 0.3 is 5.97 Å². The molecular formula is C14H17BrFNO2. The largest absolute Gasteiger partial charge is 0.467 e. The maximum absolute atomic E-state index is 13.3. The molecule has 1 aliphatic carbocycles. The van der Waals surface area contributed by atoms with Gasteiger partial charge in [-0.2, -0.15) is 0 Å². The van der Waals surface area contributed by atoms with Crippen molar-refractivity contribution >= 4 is 21.9 Å². The van der Waals surface area contributed by atoms with E-state index in [2.05, 4.69) is 21.2 Å². The Morgan fingerprint density at radius 2 is 2.26 bits per heavy atom. The third kappa shape index (κ3) is 3.15. The van der Waals surface area contributed by atoms with Gasteiger partial charge in [0.15, 0.2) is 0 Å². The molecule has 1 saturated carbocycles. The van der Waals surface area contributed by atoms with Crippen LogP contribution in [0.2, 0.25) is 0 Å². The highest BCUT2D eigenvalue weighted by molar-refractivity contribution is 9.10. The van der Waals surface area contributed by atoms with Gasteiger partial charge in [-0.05, 0) is 65.9 Å². The second kappa shape index (κ2) is 5.59. The van der Waals surface area contributed by atoms with E-state index in [-0.39, 0.29) is 11.8 Å². The average molecular weight is 330 g/mol. The summed E-state index contributed by atoms with van der Waals surface area (Å²) in [4.78, 5) is 12.1. The van der Waals surface area contributed by atoms with Gasteiger partial charge in [0.1, 0.15) is 11.4 Å². The predicted molar refractivity (Wildman–Crippen MR) is 74.2 cm³/mol. The highest BCUT2D eigenvalue weighted by Crippen LogP contribution is 2.31. The van der Waals surface area contributed by atoms with E-state index >= 15 is 0 Å². The highest BCUT2D eigenvalue weighted by Gasteiger charge is 2.38. The van der Waals surface area contributed by atoms with Crippen molar-refractivity contribution < 1.29 is 13.9 Å². The Morgan fingerprint density at radius 3 is 2.79 bits per heavy atom. The van der Waals surface area contributed by atoms with E-state index in [1.807, 2.05) is 0 Å². The van der Waals surface area contributed by atoms with E-state index in [0.717, 1.165) is 6.54 Å². The number of hydrogen-bond donors (Lipinski definition) is 1. The van der Waals surface area contributed by atoms with Crippen LogP contribution in [0, 0.1) is 11.7 Å². The first-order valence-electron chi connectivity index (χ1n) is 6.26. The molecule has 104 valence electrons. The Morgan fingerprint density at radius 1 is 1.58 bits per heavy atom. The smallest absolute Gasteiger partial charge is 0.330 e. The summed E-state index contributed by atoms with van der Waals surface area (Å²) in [6.07, 6.45) is 2.38. The van der Waals surface area contributed by atoms with Crippen molar-refractivity contribution in [1.82, 2.24) is 5.32 Å². The molecule has 2 rings (SSSR count). The zero-order valence-electron chi connectivity index (χ0n) is 11.0. The van der Waals surface area contributed by atoms with Crippen LogP contribution in [0.5, 0.6) is 0 Å². The van der Waals surface area contributed by atoms with Gasteiger partial charge in [-0.3, -0.25) is 5.32 Å². The summed E-state index contributed by atoms with van der Waals surface area (Å²) in [5, 5.41) is 3.25. The molecule has 0 bridgehead atoms. The van der Waals surface area contributed by atoms with Crippen LogP contribution in [0.1, 0.15) is 25.3 Å². The van der Waals surface area contributed by atoms with Crippen LogP contribution < -0.4 is 5.32 Å². The maximum Gasteiger partial charge on any atom is 0.330 e. The number of carbonyl (C=O) groups is 1. The van der Waals surface area contributed by atoms with Crippen LogP contribution in [0.4, 0.5) is 4.39 Å². The molecule has 0 aromatic heterocycles. The van der Waals surface area contributed by atoms with Crippen LogP contribution in [-0.2, 0) is 15.1 Å². The number of esters is 1. The molecule has 1 atom stereocenters. The monoisotopic (exact) mass is 329 g/mol. The van der Waals surface area contributed by atoms with Gasteiger partial charge in [0, 0.05) is 0 Å². The van der Waals surface area contributed by atoms with Crippen molar-refractivity contribution in [3.8, 4) is 0 Å². The lowest BCUT2D eigenvalue weighted by atomic mass is 9.91. The second-order valence-electron chi connectivity index (χ2n) is 5.07. The lowest BCUT2D eigenvalue weighted by Gasteiger charge is -2.29. The summed E-state index contributed by atoms with van der Waals surface area (Å²) in [5.74, 6) is -0.0855. The van der Waals surface area contributed by atoms with E-state index in [1.165, 1.54) is 26.0 Å². The first-order valence-corrected chi connectivity index (χ1v) is 7.05. The number of carbonyl (C=O) groups excluding carboxylic acids is 1. The lowest BCUT2D eigenvalue weighted by Crippen LogP contribution is -2.48. The molecule has 0 saturated heterocycles. The van der Waals surface area contributed by atoms with Crippen molar-refractivity contribution in [3.63, 3.8) is 0 Å². The van der Waals surface area contributed by atoms with Crippen molar-refractivity contribution in [3.05, 3.63) is 34.1 Å². The number of benzene rings is 1. The number of hydrogen-bond acceptors (Lipinski definition) is 3. The first kappa shape index (κ1) is 14.5. The molecule has 1 aliphatic rings. The molecule has 1 aromatic carbocycles. The standard InChI is InChI=1S/C14H17BrFNO2/c1-14(13(18)19-2,17-8-9-3-4-9)10-5-6-12(16)11(15)7-10/h5-7,9,17H,3-4,8H2,1-2H3. The fourth-order valence-electron chi connectivity index (χ4n) is 1.97. The minimum absolute atomic E-state index is 0.341. The van der Waals surface area contributed by atoms with E-state index in [9.17, 15) is 9.18 Å². The second-order valence-corrected chi connectivity index (χ2v) is 5.92. The molecular weight excluding hydrogens is 313 g/mol. The van der Waals surface area contributed by atoms with Crippen LogP contribution in [0.15, 0.2) is 22.7 Å². The van der Waals surface area contributed by atoms with Crippen molar-refractivity contribution in [2.75, 3.05) is 13.7 Å². The van der Waals surface area contributed by atoms with Gasteiger partial charge in [-0.1, -0.05) is 6.07 Å². The molecule has 5 heteroatoms. The quantitative estimate of drug-likeness (QED) is 0.844. The third-order valence-electron chi connectivity index (χ3n) is 3.53. The first-order chi connectivity index (χ1) is 8.97. The summed E-state index contributed by atoms with van der Waals surface area (Å²) in [5.41, 5.74) is -0.263. The normalized spacial score (nSPS) is 17.9. The van der Waals surface area contributed by atoms with Crippen LogP contribution in [0.3, 0.4) is 0 Å². The molecule has 3 nitrogen and oxygen atoms in total. The van der Waals surface area contributed by atoms with Crippen LogP contribution in [-0.4, -0.2) is 19.6 Å². The molecule has 0 amide bonds. The van der Waals surface area contributed by atoms with Gasteiger partial charge in [-0.15, -0.1) is 0 Å². The predicted octanol–water partition coefficient (Wildman–Crippen LogP) is 2.98. The van der Waals surface area contributed by atoms with Gasteiger partial charge in [0.2, 0.25) is 0 Å². The van der Waals surface area contributed by atoms with Gasteiger partial charge in [-0.25, -0.2) is 9.18 Å². The van der Waals surface area contributed by atoms with Crippen LogP contribution in [0.25, 0.3) is 0 Å².